The Hall–Kier alpha value is -0.890. The van der Waals surface area contributed by atoms with Crippen LogP contribution < -0.4 is 5.73 Å². The maximum Gasteiger partial charge on any atom is 0.0270 e. The summed E-state index contributed by atoms with van der Waals surface area (Å²) in [5, 5.41) is 0. The minimum absolute atomic E-state index is 0.753. The van der Waals surface area contributed by atoms with Crippen LogP contribution in [0.1, 0.15) is 24.8 Å². The molecule has 0 saturated heterocycles. The summed E-state index contributed by atoms with van der Waals surface area (Å²) < 4.78 is 0. The highest BCUT2D eigenvalue weighted by Crippen LogP contribution is 2.33. The van der Waals surface area contributed by atoms with E-state index < -0.39 is 0 Å². The van der Waals surface area contributed by atoms with Gasteiger partial charge in [-0.05, 0) is 55.3 Å². The normalized spacial score (nSPS) is 26.6. The van der Waals surface area contributed by atoms with Crippen LogP contribution >= 0.6 is 0 Å². The van der Waals surface area contributed by atoms with Gasteiger partial charge in [0.1, 0.15) is 0 Å². The van der Waals surface area contributed by atoms with Crippen molar-refractivity contribution in [3.63, 3.8) is 0 Å². The molecule has 1 heterocycles. The molecule has 2 nitrogen and oxygen atoms in total. The number of nitrogens with zero attached hydrogens (tertiary/aromatic N) is 1. The zero-order valence-electron chi connectivity index (χ0n) is 8.52. The van der Waals surface area contributed by atoms with Crippen molar-refractivity contribution in [2.24, 2.45) is 17.6 Å². The Morgan fingerprint density at radius 1 is 1.21 bits per heavy atom. The van der Waals surface area contributed by atoms with E-state index in [1.165, 1.54) is 31.2 Å². The van der Waals surface area contributed by atoms with E-state index >= 15 is 0 Å². The van der Waals surface area contributed by atoms with Crippen molar-refractivity contribution in [2.45, 2.75) is 25.7 Å². The highest BCUT2D eigenvalue weighted by Gasteiger charge is 2.25. The lowest BCUT2D eigenvalue weighted by Crippen LogP contribution is -2.20. The Morgan fingerprint density at radius 3 is 2.64 bits per heavy atom. The summed E-state index contributed by atoms with van der Waals surface area (Å²) in [6.45, 7) is 0.857. The molecule has 0 bridgehead atoms. The zero-order chi connectivity index (χ0) is 9.80. The van der Waals surface area contributed by atoms with Gasteiger partial charge >= 0.3 is 0 Å². The number of rotatable bonds is 3. The van der Waals surface area contributed by atoms with Gasteiger partial charge in [0, 0.05) is 12.4 Å². The second-order valence-electron chi connectivity index (χ2n) is 4.25. The van der Waals surface area contributed by atoms with E-state index in [0.29, 0.717) is 0 Å². The van der Waals surface area contributed by atoms with Crippen LogP contribution in [-0.2, 0) is 6.42 Å². The van der Waals surface area contributed by atoms with E-state index in [9.17, 15) is 0 Å². The van der Waals surface area contributed by atoms with Gasteiger partial charge in [0.05, 0.1) is 0 Å². The number of pyridine rings is 1. The van der Waals surface area contributed by atoms with E-state index in [-0.39, 0.29) is 0 Å². The molecule has 0 radical (unpaired) electrons. The maximum atomic E-state index is 5.77. The molecule has 2 unspecified atom stereocenters. The predicted octanol–water partition coefficient (Wildman–Crippen LogP) is 2.00. The summed E-state index contributed by atoms with van der Waals surface area (Å²) in [4.78, 5) is 4.03. The molecule has 2 atom stereocenters. The quantitative estimate of drug-likeness (QED) is 0.791. The Bertz CT molecular complexity index is 271. The van der Waals surface area contributed by atoms with Gasteiger partial charge < -0.3 is 5.73 Å². The third kappa shape index (κ3) is 2.13. The molecule has 2 heteroatoms. The molecule has 1 aliphatic rings. The van der Waals surface area contributed by atoms with Crippen molar-refractivity contribution < 1.29 is 0 Å². The molecule has 0 spiro atoms. The lowest BCUT2D eigenvalue weighted by atomic mass is 9.90. The average Bonchev–Trinajstić information content (AvgIpc) is 2.67. The van der Waals surface area contributed by atoms with Crippen molar-refractivity contribution in [3.05, 3.63) is 30.1 Å². The average molecular weight is 190 g/mol. The summed E-state index contributed by atoms with van der Waals surface area (Å²) >= 11 is 0. The highest BCUT2D eigenvalue weighted by atomic mass is 14.6. The van der Waals surface area contributed by atoms with E-state index in [1.807, 2.05) is 12.4 Å². The van der Waals surface area contributed by atoms with Crippen LogP contribution in [0.2, 0.25) is 0 Å². The van der Waals surface area contributed by atoms with Crippen LogP contribution in [0.3, 0.4) is 0 Å². The third-order valence-electron chi connectivity index (χ3n) is 3.37. The molecule has 1 aromatic rings. The van der Waals surface area contributed by atoms with Gasteiger partial charge in [0.25, 0.3) is 0 Å². The van der Waals surface area contributed by atoms with Crippen molar-refractivity contribution in [1.29, 1.82) is 0 Å². The third-order valence-corrected chi connectivity index (χ3v) is 3.37. The van der Waals surface area contributed by atoms with Crippen molar-refractivity contribution >= 4 is 0 Å². The molecule has 2 rings (SSSR count). The van der Waals surface area contributed by atoms with E-state index in [4.69, 9.17) is 5.73 Å². The number of hydrogen-bond donors (Lipinski definition) is 1. The van der Waals surface area contributed by atoms with Gasteiger partial charge in [-0.25, -0.2) is 0 Å². The fourth-order valence-corrected chi connectivity index (χ4v) is 2.51. The molecule has 1 fully saturated rings. The largest absolute Gasteiger partial charge is 0.330 e. The van der Waals surface area contributed by atoms with Gasteiger partial charge in [-0.2, -0.15) is 0 Å². The van der Waals surface area contributed by atoms with Crippen LogP contribution in [0, 0.1) is 11.8 Å². The van der Waals surface area contributed by atoms with Crippen molar-refractivity contribution in [2.75, 3.05) is 6.54 Å². The van der Waals surface area contributed by atoms with Crippen LogP contribution in [0.4, 0.5) is 0 Å². The standard InChI is InChI=1S/C12H18N2/c13-9-12-3-1-2-11(12)8-10-4-6-14-7-5-10/h4-7,11-12H,1-3,8-9,13H2. The second kappa shape index (κ2) is 4.56. The van der Waals surface area contributed by atoms with Crippen molar-refractivity contribution in [3.8, 4) is 0 Å². The topological polar surface area (TPSA) is 38.9 Å². The van der Waals surface area contributed by atoms with Gasteiger partial charge in [-0.1, -0.05) is 6.42 Å². The number of nitrogens with two attached hydrogens (primary N) is 1. The molecule has 14 heavy (non-hydrogen) atoms. The first-order valence-electron chi connectivity index (χ1n) is 5.49. The minimum Gasteiger partial charge on any atom is -0.330 e. The van der Waals surface area contributed by atoms with Crippen LogP contribution in [-0.4, -0.2) is 11.5 Å². The Balaban J connectivity index is 1.97. The molecule has 0 aromatic carbocycles. The van der Waals surface area contributed by atoms with Crippen molar-refractivity contribution in [1.82, 2.24) is 4.98 Å². The van der Waals surface area contributed by atoms with E-state index in [2.05, 4.69) is 17.1 Å². The molecule has 76 valence electrons. The number of hydrogen-bond acceptors (Lipinski definition) is 2. The summed E-state index contributed by atoms with van der Waals surface area (Å²) in [5.74, 6) is 1.56. The van der Waals surface area contributed by atoms with E-state index in [1.54, 1.807) is 0 Å². The Labute approximate surface area is 85.5 Å². The van der Waals surface area contributed by atoms with Gasteiger partial charge in [0.2, 0.25) is 0 Å². The maximum absolute atomic E-state index is 5.77. The first-order chi connectivity index (χ1) is 6.90. The van der Waals surface area contributed by atoms with Crippen LogP contribution in [0.5, 0.6) is 0 Å². The molecule has 2 N–H and O–H groups in total. The number of aromatic nitrogens is 1. The van der Waals surface area contributed by atoms with Crippen LogP contribution in [0.15, 0.2) is 24.5 Å². The molecule has 0 aliphatic heterocycles. The smallest absolute Gasteiger partial charge is 0.0270 e. The fraction of sp³-hybridized carbons (Fsp3) is 0.583. The lowest BCUT2D eigenvalue weighted by molar-refractivity contribution is 0.394. The molecule has 1 aromatic heterocycles. The summed E-state index contributed by atoms with van der Waals surface area (Å²) in [6.07, 6.45) is 8.97. The molecular weight excluding hydrogens is 172 g/mol. The van der Waals surface area contributed by atoms with Gasteiger partial charge in [-0.15, -0.1) is 0 Å². The summed E-state index contributed by atoms with van der Waals surface area (Å²) in [6, 6.07) is 4.23. The second-order valence-corrected chi connectivity index (χ2v) is 4.25. The summed E-state index contributed by atoms with van der Waals surface area (Å²) in [7, 11) is 0. The molecule has 1 aliphatic carbocycles. The zero-order valence-corrected chi connectivity index (χ0v) is 8.52. The Kier molecular flexibility index (Phi) is 3.14. The lowest BCUT2D eigenvalue weighted by Gasteiger charge is -2.17. The monoisotopic (exact) mass is 190 g/mol. The summed E-state index contributed by atoms with van der Waals surface area (Å²) in [5.41, 5.74) is 7.17. The molecule has 0 amide bonds. The Morgan fingerprint density at radius 2 is 1.93 bits per heavy atom. The SMILES string of the molecule is NCC1CCCC1Cc1ccncc1. The first kappa shape index (κ1) is 9.66. The fourth-order valence-electron chi connectivity index (χ4n) is 2.51. The highest BCUT2D eigenvalue weighted by molar-refractivity contribution is 5.11. The predicted molar refractivity (Wildman–Crippen MR) is 57.8 cm³/mol. The minimum atomic E-state index is 0.753. The molecular formula is C12H18N2. The van der Waals surface area contributed by atoms with Crippen LogP contribution in [0.25, 0.3) is 0 Å². The molecule has 1 saturated carbocycles. The van der Waals surface area contributed by atoms with E-state index in [0.717, 1.165) is 18.4 Å². The first-order valence-corrected chi connectivity index (χ1v) is 5.49. The van der Waals surface area contributed by atoms with Gasteiger partial charge in [0.15, 0.2) is 0 Å². The van der Waals surface area contributed by atoms with Gasteiger partial charge in [-0.3, -0.25) is 4.98 Å².